The van der Waals surface area contributed by atoms with Crippen LogP contribution < -0.4 is 14.8 Å². The minimum atomic E-state index is -0.734. The predicted octanol–water partition coefficient (Wildman–Crippen LogP) is 3.38. The first-order valence-electron chi connectivity index (χ1n) is 6.40. The van der Waals surface area contributed by atoms with Crippen molar-refractivity contribution in [2.24, 2.45) is 0 Å². The molecule has 5 nitrogen and oxygen atoms in total. The van der Waals surface area contributed by atoms with Gasteiger partial charge >= 0.3 is 0 Å². The normalized spacial score (nSPS) is 10.3. The smallest absolute Gasteiger partial charge is 0.268 e. The highest BCUT2D eigenvalue weighted by molar-refractivity contribution is 5.55. The van der Waals surface area contributed by atoms with E-state index in [1.54, 1.807) is 0 Å². The van der Waals surface area contributed by atoms with Crippen LogP contribution in [0.3, 0.4) is 0 Å². The van der Waals surface area contributed by atoms with Gasteiger partial charge < -0.3 is 14.8 Å². The van der Waals surface area contributed by atoms with Crippen molar-refractivity contribution in [1.29, 1.82) is 0 Å². The molecular formula is C14H15F2N3O2. The van der Waals surface area contributed by atoms with E-state index in [0.717, 1.165) is 24.6 Å². The van der Waals surface area contributed by atoms with Crippen LogP contribution in [-0.4, -0.2) is 23.6 Å². The summed E-state index contributed by atoms with van der Waals surface area (Å²) in [7, 11) is 1.44. The van der Waals surface area contributed by atoms with Gasteiger partial charge in [0.1, 0.15) is 23.7 Å². The highest BCUT2D eigenvalue weighted by Gasteiger charge is 2.14. The van der Waals surface area contributed by atoms with Crippen LogP contribution in [0.2, 0.25) is 0 Å². The van der Waals surface area contributed by atoms with Gasteiger partial charge in [0.2, 0.25) is 5.75 Å². The summed E-state index contributed by atoms with van der Waals surface area (Å²) in [5.41, 5.74) is 0. The summed E-state index contributed by atoms with van der Waals surface area (Å²) >= 11 is 0. The largest absolute Gasteiger partial charge is 0.489 e. The van der Waals surface area contributed by atoms with Crippen molar-refractivity contribution in [2.45, 2.75) is 13.3 Å². The summed E-state index contributed by atoms with van der Waals surface area (Å²) < 4.78 is 36.9. The fraction of sp³-hybridized carbons (Fsp3) is 0.286. The lowest BCUT2D eigenvalue weighted by molar-refractivity contribution is 0.367. The summed E-state index contributed by atoms with van der Waals surface area (Å²) in [6.45, 7) is 2.70. The van der Waals surface area contributed by atoms with Crippen molar-refractivity contribution in [3.05, 3.63) is 36.2 Å². The van der Waals surface area contributed by atoms with Gasteiger partial charge in [-0.2, -0.15) is 4.98 Å². The van der Waals surface area contributed by atoms with Crippen LogP contribution in [-0.2, 0) is 0 Å². The number of ether oxygens (including phenoxy) is 2. The van der Waals surface area contributed by atoms with E-state index in [4.69, 9.17) is 9.47 Å². The third-order valence-corrected chi connectivity index (χ3v) is 2.57. The Kier molecular flexibility index (Phi) is 4.86. The summed E-state index contributed by atoms with van der Waals surface area (Å²) in [6.07, 6.45) is 2.18. The number of benzene rings is 1. The number of anilines is 1. The second kappa shape index (κ2) is 6.83. The van der Waals surface area contributed by atoms with E-state index in [9.17, 15) is 8.78 Å². The van der Waals surface area contributed by atoms with E-state index < -0.39 is 11.6 Å². The molecule has 0 saturated heterocycles. The van der Waals surface area contributed by atoms with E-state index in [0.29, 0.717) is 12.4 Å². The first-order valence-corrected chi connectivity index (χ1v) is 6.40. The van der Waals surface area contributed by atoms with Gasteiger partial charge in [-0.1, -0.05) is 6.92 Å². The number of hydrogen-bond acceptors (Lipinski definition) is 5. The average Bonchev–Trinajstić information content (AvgIpc) is 2.44. The average molecular weight is 295 g/mol. The van der Waals surface area contributed by atoms with E-state index in [1.807, 2.05) is 6.92 Å². The number of nitrogens with zero attached hydrogens (tertiary/aromatic N) is 2. The van der Waals surface area contributed by atoms with Crippen molar-refractivity contribution in [3.8, 4) is 17.4 Å². The lowest BCUT2D eigenvalue weighted by Crippen LogP contribution is -2.06. The van der Waals surface area contributed by atoms with Crippen LogP contribution in [0.4, 0.5) is 14.6 Å². The third-order valence-electron chi connectivity index (χ3n) is 2.57. The van der Waals surface area contributed by atoms with Crippen LogP contribution in [0, 0.1) is 11.6 Å². The fourth-order valence-electron chi connectivity index (χ4n) is 1.68. The van der Waals surface area contributed by atoms with Crippen molar-refractivity contribution >= 4 is 5.82 Å². The lowest BCUT2D eigenvalue weighted by Gasteiger charge is -2.13. The number of nitrogens with one attached hydrogen (secondary N) is 1. The first-order chi connectivity index (χ1) is 10.1. The molecule has 0 unspecified atom stereocenters. The Bertz CT molecular complexity index is 603. The van der Waals surface area contributed by atoms with Crippen molar-refractivity contribution in [1.82, 2.24) is 9.97 Å². The maximum atomic E-state index is 13.2. The molecule has 0 saturated carbocycles. The maximum absolute atomic E-state index is 13.2. The lowest BCUT2D eigenvalue weighted by atomic mass is 10.3. The Morgan fingerprint density at radius 3 is 2.48 bits per heavy atom. The topological polar surface area (TPSA) is 56.3 Å². The maximum Gasteiger partial charge on any atom is 0.268 e. The van der Waals surface area contributed by atoms with Crippen LogP contribution in [0.15, 0.2) is 24.5 Å². The second-order valence-electron chi connectivity index (χ2n) is 4.19. The Hall–Kier alpha value is -2.44. The molecule has 112 valence electrons. The number of methoxy groups -OCH3 is 1. The molecule has 0 amide bonds. The number of aromatic nitrogens is 2. The summed E-state index contributed by atoms with van der Waals surface area (Å²) in [5.74, 6) is -0.663. The number of rotatable bonds is 6. The van der Waals surface area contributed by atoms with Crippen molar-refractivity contribution < 1.29 is 18.3 Å². The number of hydrogen-bond donors (Lipinski definition) is 1. The zero-order valence-corrected chi connectivity index (χ0v) is 11.7. The third kappa shape index (κ3) is 3.77. The van der Waals surface area contributed by atoms with Crippen molar-refractivity contribution in [3.63, 3.8) is 0 Å². The van der Waals surface area contributed by atoms with Gasteiger partial charge in [-0.25, -0.2) is 13.8 Å². The molecule has 1 aromatic heterocycles. The predicted molar refractivity (Wildman–Crippen MR) is 73.8 cm³/mol. The van der Waals surface area contributed by atoms with E-state index >= 15 is 0 Å². The summed E-state index contributed by atoms with van der Waals surface area (Å²) in [5, 5.41) is 3.06. The second-order valence-corrected chi connectivity index (χ2v) is 4.19. The molecule has 0 aliphatic heterocycles. The zero-order chi connectivity index (χ0) is 15.2. The van der Waals surface area contributed by atoms with Crippen LogP contribution in [0.1, 0.15) is 13.3 Å². The highest BCUT2D eigenvalue weighted by atomic mass is 19.1. The summed E-state index contributed by atoms with van der Waals surface area (Å²) in [4.78, 5) is 7.98. The Morgan fingerprint density at radius 2 is 1.86 bits per heavy atom. The molecule has 21 heavy (non-hydrogen) atoms. The van der Waals surface area contributed by atoms with Gasteiger partial charge in [-0.3, -0.25) is 0 Å². The Balaban J connectivity index is 2.30. The number of halogens is 2. The molecule has 0 spiro atoms. The molecular weight excluding hydrogens is 280 g/mol. The van der Waals surface area contributed by atoms with Gasteiger partial charge in [-0.05, 0) is 6.42 Å². The van der Waals surface area contributed by atoms with E-state index in [1.165, 1.54) is 13.4 Å². The molecule has 0 radical (unpaired) electrons. The quantitative estimate of drug-likeness (QED) is 0.885. The van der Waals surface area contributed by atoms with E-state index in [2.05, 4.69) is 15.3 Å². The minimum absolute atomic E-state index is 0.00839. The molecule has 7 heteroatoms. The molecule has 1 N–H and O–H groups in total. The SMILES string of the molecule is CCCNc1ncnc(Oc2cc(F)cc(F)c2)c1OC. The Labute approximate surface area is 120 Å². The molecule has 1 heterocycles. The standard InChI is InChI=1S/C14H15F2N3O2/c1-3-4-17-13-12(20-2)14(19-8-18-13)21-11-6-9(15)5-10(16)7-11/h5-8H,3-4H2,1-2H3,(H,17,18,19). The molecule has 1 aromatic carbocycles. The van der Waals surface area contributed by atoms with Crippen molar-refractivity contribution in [2.75, 3.05) is 19.0 Å². The van der Waals surface area contributed by atoms with Gasteiger partial charge in [-0.15, -0.1) is 0 Å². The summed E-state index contributed by atoms with van der Waals surface area (Å²) in [6, 6.07) is 2.88. The Morgan fingerprint density at radius 1 is 1.14 bits per heavy atom. The zero-order valence-electron chi connectivity index (χ0n) is 11.7. The van der Waals surface area contributed by atoms with Crippen LogP contribution >= 0.6 is 0 Å². The van der Waals surface area contributed by atoms with Crippen LogP contribution in [0.25, 0.3) is 0 Å². The van der Waals surface area contributed by atoms with Gasteiger partial charge in [0.05, 0.1) is 7.11 Å². The van der Waals surface area contributed by atoms with Gasteiger partial charge in [0, 0.05) is 24.7 Å². The molecule has 0 fully saturated rings. The molecule has 2 rings (SSSR count). The monoisotopic (exact) mass is 295 g/mol. The minimum Gasteiger partial charge on any atom is -0.489 e. The van der Waals surface area contributed by atoms with Gasteiger partial charge in [0.25, 0.3) is 5.88 Å². The van der Waals surface area contributed by atoms with Crippen LogP contribution in [0.5, 0.6) is 17.4 Å². The fourth-order valence-corrected chi connectivity index (χ4v) is 1.68. The molecule has 0 aliphatic rings. The van der Waals surface area contributed by atoms with Gasteiger partial charge in [0.15, 0.2) is 5.82 Å². The molecule has 0 aliphatic carbocycles. The highest BCUT2D eigenvalue weighted by Crippen LogP contribution is 2.34. The first kappa shape index (κ1) is 15.0. The van der Waals surface area contributed by atoms with E-state index in [-0.39, 0.29) is 17.4 Å². The molecule has 0 atom stereocenters. The molecule has 2 aromatic rings. The molecule has 0 bridgehead atoms.